The highest BCUT2D eigenvalue weighted by molar-refractivity contribution is 6.03. The van der Waals surface area contributed by atoms with Crippen LogP contribution in [0.4, 0.5) is 5.69 Å². The van der Waals surface area contributed by atoms with Gasteiger partial charge in [-0.25, -0.2) is 9.59 Å². The molecule has 0 spiro atoms. The summed E-state index contributed by atoms with van der Waals surface area (Å²) < 4.78 is 26.0. The third-order valence-electron chi connectivity index (χ3n) is 4.42. The third-order valence-corrected chi connectivity index (χ3v) is 4.42. The smallest absolute Gasteiger partial charge is 0.355 e. The lowest BCUT2D eigenvalue weighted by Gasteiger charge is -2.31. The van der Waals surface area contributed by atoms with Crippen LogP contribution in [0.3, 0.4) is 0 Å². The molecule has 4 rings (SSSR count). The Balaban J connectivity index is 1.64. The molecule has 0 N–H and O–H groups in total. The molecular weight excluding hydrogens is 394 g/mol. The summed E-state index contributed by atoms with van der Waals surface area (Å²) in [7, 11) is 2.48. The van der Waals surface area contributed by atoms with Crippen molar-refractivity contribution in [2.45, 2.75) is 0 Å². The summed E-state index contributed by atoms with van der Waals surface area (Å²) in [4.78, 5) is 26.0. The molecule has 1 aromatic carbocycles. The van der Waals surface area contributed by atoms with Gasteiger partial charge in [0.05, 0.1) is 32.7 Å². The Morgan fingerprint density at radius 2 is 1.73 bits per heavy atom. The number of aromatic nitrogens is 2. The molecule has 0 bridgehead atoms. The summed E-state index contributed by atoms with van der Waals surface area (Å²) in [6, 6.07) is 10.4. The van der Waals surface area contributed by atoms with Crippen LogP contribution in [0.25, 0.3) is 23.1 Å². The van der Waals surface area contributed by atoms with Crippen LogP contribution in [0.15, 0.2) is 62.8 Å². The first-order valence-electron chi connectivity index (χ1n) is 8.85. The Labute approximate surface area is 170 Å². The van der Waals surface area contributed by atoms with Gasteiger partial charge in [0.15, 0.2) is 5.76 Å². The zero-order valence-electron chi connectivity index (χ0n) is 16.2. The number of hydrogen-bond donors (Lipinski definition) is 0. The molecule has 0 atom stereocenters. The summed E-state index contributed by atoms with van der Waals surface area (Å²) >= 11 is 0. The number of esters is 2. The number of ether oxygens (including phenoxy) is 3. The molecule has 0 amide bonds. The fourth-order valence-corrected chi connectivity index (χ4v) is 2.97. The average Bonchev–Trinajstić information content (AvgIpc) is 3.49. The molecule has 0 unspecified atom stereocenters. The van der Waals surface area contributed by atoms with E-state index in [-0.39, 0.29) is 30.5 Å². The van der Waals surface area contributed by atoms with E-state index in [4.69, 9.17) is 23.0 Å². The molecule has 0 aliphatic carbocycles. The minimum absolute atomic E-state index is 0.0524. The summed E-state index contributed by atoms with van der Waals surface area (Å²) in [5, 5.41) is 8.00. The first-order chi connectivity index (χ1) is 14.6. The Hall–Kier alpha value is -3.92. The van der Waals surface area contributed by atoms with Crippen molar-refractivity contribution >= 4 is 17.6 Å². The van der Waals surface area contributed by atoms with Gasteiger partial charge in [-0.15, -0.1) is 10.2 Å². The Bertz CT molecular complexity index is 1080. The second-order valence-electron chi connectivity index (χ2n) is 6.15. The molecule has 2 aromatic heterocycles. The van der Waals surface area contributed by atoms with E-state index in [1.54, 1.807) is 36.4 Å². The number of carbonyl (C=O) groups is 2. The maximum Gasteiger partial charge on any atom is 0.355 e. The van der Waals surface area contributed by atoms with Crippen LogP contribution < -0.4 is 4.90 Å². The first-order valence-corrected chi connectivity index (χ1v) is 8.85. The van der Waals surface area contributed by atoms with Gasteiger partial charge in [0.2, 0.25) is 5.89 Å². The quantitative estimate of drug-likeness (QED) is 0.579. The highest BCUT2D eigenvalue weighted by atomic mass is 16.5. The van der Waals surface area contributed by atoms with Crippen molar-refractivity contribution in [1.82, 2.24) is 10.2 Å². The number of furan rings is 1. The van der Waals surface area contributed by atoms with Crippen LogP contribution >= 0.6 is 0 Å². The summed E-state index contributed by atoms with van der Waals surface area (Å²) in [6.07, 6.45) is 1.52. The molecule has 10 heteroatoms. The normalized spacial score (nSPS) is 14.0. The topological polar surface area (TPSA) is 117 Å². The van der Waals surface area contributed by atoms with Gasteiger partial charge >= 0.3 is 11.9 Å². The number of benzene rings is 1. The Kier molecular flexibility index (Phi) is 5.31. The van der Waals surface area contributed by atoms with E-state index in [2.05, 4.69) is 10.2 Å². The highest BCUT2D eigenvalue weighted by Gasteiger charge is 2.32. The highest BCUT2D eigenvalue weighted by Crippen LogP contribution is 2.30. The molecule has 3 heterocycles. The van der Waals surface area contributed by atoms with E-state index in [0.717, 1.165) is 0 Å². The first kappa shape index (κ1) is 19.4. The predicted molar refractivity (Wildman–Crippen MR) is 102 cm³/mol. The lowest BCUT2D eigenvalue weighted by atomic mass is 10.1. The summed E-state index contributed by atoms with van der Waals surface area (Å²) in [6.45, 7) is 0.0106. The molecule has 0 saturated heterocycles. The zero-order chi connectivity index (χ0) is 21.1. The standard InChI is InChI=1S/C20H17N3O7/c1-26-19(24)14-10-28-11-23(16(14)20(25)27-2)13-7-5-12(6-8-13)17-21-22-18(30-17)15-4-3-9-29-15/h3-9H,10-11H2,1-2H3. The molecule has 3 aromatic rings. The fraction of sp³-hybridized carbons (Fsp3) is 0.200. The fourth-order valence-electron chi connectivity index (χ4n) is 2.97. The molecule has 1 aliphatic rings. The zero-order valence-corrected chi connectivity index (χ0v) is 16.2. The summed E-state index contributed by atoms with van der Waals surface area (Å²) in [5.74, 6) is -0.279. The van der Waals surface area contributed by atoms with Gasteiger partial charge in [0, 0.05) is 11.3 Å². The van der Waals surface area contributed by atoms with Crippen LogP contribution in [0.2, 0.25) is 0 Å². The molecule has 0 radical (unpaired) electrons. The SMILES string of the molecule is COC(=O)C1=C(C(=O)OC)N(c2ccc(-c3nnc(-c4ccco4)o3)cc2)COC1. The van der Waals surface area contributed by atoms with Crippen LogP contribution in [-0.4, -0.2) is 49.7 Å². The molecule has 154 valence electrons. The van der Waals surface area contributed by atoms with Crippen molar-refractivity contribution in [2.75, 3.05) is 32.5 Å². The number of anilines is 1. The molecule has 30 heavy (non-hydrogen) atoms. The average molecular weight is 411 g/mol. The monoisotopic (exact) mass is 411 g/mol. The van der Waals surface area contributed by atoms with Crippen LogP contribution in [-0.2, 0) is 23.8 Å². The van der Waals surface area contributed by atoms with E-state index in [9.17, 15) is 9.59 Å². The maximum absolute atomic E-state index is 12.4. The third kappa shape index (κ3) is 3.55. The second-order valence-corrected chi connectivity index (χ2v) is 6.15. The Morgan fingerprint density at radius 1 is 1.00 bits per heavy atom. The minimum atomic E-state index is -0.664. The van der Waals surface area contributed by atoms with Gasteiger partial charge in [-0.3, -0.25) is 0 Å². The largest absolute Gasteiger partial charge is 0.466 e. The van der Waals surface area contributed by atoms with Gasteiger partial charge in [-0.05, 0) is 36.4 Å². The predicted octanol–water partition coefficient (Wildman–Crippen LogP) is 2.39. The molecular formula is C20H17N3O7. The van der Waals surface area contributed by atoms with Crippen molar-refractivity contribution in [3.05, 3.63) is 53.9 Å². The van der Waals surface area contributed by atoms with Crippen molar-refractivity contribution in [2.24, 2.45) is 0 Å². The minimum Gasteiger partial charge on any atom is -0.466 e. The number of carbonyl (C=O) groups excluding carboxylic acids is 2. The number of rotatable bonds is 5. The van der Waals surface area contributed by atoms with Crippen molar-refractivity contribution < 1.29 is 32.6 Å². The number of hydrogen-bond acceptors (Lipinski definition) is 10. The van der Waals surface area contributed by atoms with Gasteiger partial charge < -0.3 is 27.9 Å². The Morgan fingerprint density at radius 3 is 2.40 bits per heavy atom. The van der Waals surface area contributed by atoms with Crippen LogP contribution in [0.5, 0.6) is 0 Å². The molecule has 0 saturated carbocycles. The van der Waals surface area contributed by atoms with Crippen LogP contribution in [0, 0.1) is 0 Å². The summed E-state index contributed by atoms with van der Waals surface area (Å²) in [5.41, 5.74) is 1.42. The molecule has 1 aliphatic heterocycles. The maximum atomic E-state index is 12.4. The van der Waals surface area contributed by atoms with Crippen LogP contribution in [0.1, 0.15) is 0 Å². The van der Waals surface area contributed by atoms with Crippen molar-refractivity contribution in [3.63, 3.8) is 0 Å². The van der Waals surface area contributed by atoms with E-state index < -0.39 is 11.9 Å². The van der Waals surface area contributed by atoms with E-state index >= 15 is 0 Å². The molecule has 10 nitrogen and oxygen atoms in total. The van der Waals surface area contributed by atoms with Crippen molar-refractivity contribution in [1.29, 1.82) is 0 Å². The van der Waals surface area contributed by atoms with E-state index in [1.807, 2.05) is 0 Å². The van der Waals surface area contributed by atoms with E-state index in [0.29, 0.717) is 22.9 Å². The van der Waals surface area contributed by atoms with E-state index in [1.165, 1.54) is 25.4 Å². The number of methoxy groups -OCH3 is 2. The lowest BCUT2D eigenvalue weighted by molar-refractivity contribution is -0.140. The second kappa shape index (κ2) is 8.21. The van der Waals surface area contributed by atoms with Gasteiger partial charge in [0.1, 0.15) is 12.4 Å². The van der Waals surface area contributed by atoms with Gasteiger partial charge in [-0.2, -0.15) is 0 Å². The van der Waals surface area contributed by atoms with Gasteiger partial charge in [-0.1, -0.05) is 0 Å². The lowest BCUT2D eigenvalue weighted by Crippen LogP contribution is -2.38. The van der Waals surface area contributed by atoms with Gasteiger partial charge in [0.25, 0.3) is 5.89 Å². The van der Waals surface area contributed by atoms with Crippen molar-refractivity contribution in [3.8, 4) is 23.1 Å². The molecule has 0 fully saturated rings. The number of nitrogens with zero attached hydrogens (tertiary/aromatic N) is 3.